The van der Waals surface area contributed by atoms with Crippen LogP contribution in [-0.2, 0) is 0 Å². The molecular weight excluding hydrogens is 202 g/mol. The zero-order valence-corrected chi connectivity index (χ0v) is 9.34. The smallest absolute Gasteiger partial charge is 0.155 e. The molecule has 4 nitrogen and oxygen atoms in total. The molecule has 0 bridgehead atoms. The molecule has 5 heteroatoms. The Balaban J connectivity index is 3.04. The standard InChI is InChI=1S/C9H14ClN3O/c1-6-7(2)9(12-11-8(6)10)13(3)4-5-14/h14H,4-5H2,1-3H3. The molecule has 0 saturated heterocycles. The Morgan fingerprint density at radius 3 is 2.50 bits per heavy atom. The third kappa shape index (κ3) is 2.13. The summed E-state index contributed by atoms with van der Waals surface area (Å²) in [4.78, 5) is 1.85. The van der Waals surface area contributed by atoms with Crippen LogP contribution in [0.2, 0.25) is 5.15 Å². The third-order valence-corrected chi connectivity index (χ3v) is 2.60. The summed E-state index contributed by atoms with van der Waals surface area (Å²) in [6, 6.07) is 0. The van der Waals surface area contributed by atoms with E-state index < -0.39 is 0 Å². The van der Waals surface area contributed by atoms with E-state index in [1.54, 1.807) is 0 Å². The van der Waals surface area contributed by atoms with Crippen LogP contribution < -0.4 is 4.90 Å². The van der Waals surface area contributed by atoms with Gasteiger partial charge in [0, 0.05) is 13.6 Å². The summed E-state index contributed by atoms with van der Waals surface area (Å²) in [6.07, 6.45) is 0. The van der Waals surface area contributed by atoms with Crippen molar-refractivity contribution in [3.63, 3.8) is 0 Å². The van der Waals surface area contributed by atoms with Crippen molar-refractivity contribution in [2.75, 3.05) is 25.1 Å². The first-order valence-corrected chi connectivity index (χ1v) is 4.77. The van der Waals surface area contributed by atoms with Crippen LogP contribution >= 0.6 is 11.6 Å². The zero-order valence-electron chi connectivity index (χ0n) is 8.58. The van der Waals surface area contributed by atoms with Crippen LogP contribution in [-0.4, -0.2) is 35.5 Å². The number of nitrogens with zero attached hydrogens (tertiary/aromatic N) is 3. The Morgan fingerprint density at radius 1 is 1.29 bits per heavy atom. The highest BCUT2D eigenvalue weighted by atomic mass is 35.5. The first-order valence-electron chi connectivity index (χ1n) is 4.39. The fourth-order valence-electron chi connectivity index (χ4n) is 1.18. The Kier molecular flexibility index (Phi) is 3.66. The van der Waals surface area contributed by atoms with Gasteiger partial charge in [-0.15, -0.1) is 10.2 Å². The molecule has 78 valence electrons. The molecule has 0 spiro atoms. The molecule has 0 radical (unpaired) electrons. The predicted octanol–water partition coefficient (Wildman–Crippen LogP) is 1.18. The predicted molar refractivity (Wildman–Crippen MR) is 56.9 cm³/mol. The van der Waals surface area contributed by atoms with Gasteiger partial charge in [0.05, 0.1) is 6.61 Å². The van der Waals surface area contributed by atoms with E-state index in [4.69, 9.17) is 16.7 Å². The minimum absolute atomic E-state index is 0.0965. The van der Waals surface area contributed by atoms with E-state index in [0.29, 0.717) is 11.7 Å². The van der Waals surface area contributed by atoms with E-state index in [-0.39, 0.29) is 6.61 Å². The van der Waals surface area contributed by atoms with E-state index in [1.807, 2.05) is 25.8 Å². The van der Waals surface area contributed by atoms with Gasteiger partial charge in [0.15, 0.2) is 11.0 Å². The number of hydrogen-bond acceptors (Lipinski definition) is 4. The van der Waals surface area contributed by atoms with Gasteiger partial charge in [0.25, 0.3) is 0 Å². The van der Waals surface area contributed by atoms with Gasteiger partial charge < -0.3 is 10.0 Å². The first-order chi connectivity index (χ1) is 6.57. The lowest BCUT2D eigenvalue weighted by atomic mass is 10.2. The average Bonchev–Trinajstić information content (AvgIpc) is 2.15. The summed E-state index contributed by atoms with van der Waals surface area (Å²) in [7, 11) is 1.86. The summed E-state index contributed by atoms with van der Waals surface area (Å²) < 4.78 is 0. The van der Waals surface area contributed by atoms with Gasteiger partial charge in [-0.25, -0.2) is 0 Å². The van der Waals surface area contributed by atoms with Gasteiger partial charge in [0.1, 0.15) is 0 Å². The molecule has 0 aliphatic carbocycles. The number of aromatic nitrogens is 2. The summed E-state index contributed by atoms with van der Waals surface area (Å²) >= 11 is 5.83. The summed E-state index contributed by atoms with van der Waals surface area (Å²) in [5.41, 5.74) is 1.93. The molecule has 1 aromatic rings. The normalized spacial score (nSPS) is 10.4. The molecule has 1 rings (SSSR count). The minimum atomic E-state index is 0.0965. The van der Waals surface area contributed by atoms with E-state index >= 15 is 0 Å². The molecule has 1 heterocycles. The largest absolute Gasteiger partial charge is 0.395 e. The molecule has 0 aliphatic rings. The summed E-state index contributed by atoms with van der Waals surface area (Å²) in [5, 5.41) is 17.1. The van der Waals surface area contributed by atoms with Crippen LogP contribution in [0.1, 0.15) is 11.1 Å². The van der Waals surface area contributed by atoms with E-state index in [0.717, 1.165) is 16.9 Å². The Labute approximate surface area is 88.5 Å². The van der Waals surface area contributed by atoms with Crippen molar-refractivity contribution >= 4 is 17.4 Å². The number of rotatable bonds is 3. The highest BCUT2D eigenvalue weighted by molar-refractivity contribution is 6.30. The molecule has 0 amide bonds. The van der Waals surface area contributed by atoms with E-state index in [1.165, 1.54) is 0 Å². The second kappa shape index (κ2) is 4.57. The van der Waals surface area contributed by atoms with Gasteiger partial charge in [-0.2, -0.15) is 0 Å². The van der Waals surface area contributed by atoms with Crippen molar-refractivity contribution < 1.29 is 5.11 Å². The molecule has 14 heavy (non-hydrogen) atoms. The molecule has 0 atom stereocenters. The Bertz CT molecular complexity index is 330. The minimum Gasteiger partial charge on any atom is -0.395 e. The highest BCUT2D eigenvalue weighted by Crippen LogP contribution is 2.22. The highest BCUT2D eigenvalue weighted by Gasteiger charge is 2.11. The topological polar surface area (TPSA) is 49.2 Å². The van der Waals surface area contributed by atoms with Crippen LogP contribution in [0.15, 0.2) is 0 Å². The van der Waals surface area contributed by atoms with Gasteiger partial charge >= 0.3 is 0 Å². The van der Waals surface area contributed by atoms with Crippen molar-refractivity contribution in [2.45, 2.75) is 13.8 Å². The van der Waals surface area contributed by atoms with Crippen molar-refractivity contribution in [1.82, 2.24) is 10.2 Å². The molecule has 0 aromatic carbocycles. The third-order valence-electron chi connectivity index (χ3n) is 2.24. The molecule has 1 aromatic heterocycles. The molecule has 0 saturated carbocycles. The lowest BCUT2D eigenvalue weighted by Crippen LogP contribution is -2.23. The maximum Gasteiger partial charge on any atom is 0.155 e. The molecule has 1 N–H and O–H groups in total. The monoisotopic (exact) mass is 215 g/mol. The summed E-state index contributed by atoms with van der Waals surface area (Å²) in [5.74, 6) is 0.765. The molecule has 0 unspecified atom stereocenters. The maximum atomic E-state index is 8.80. The Hall–Kier alpha value is -0.870. The SMILES string of the molecule is Cc1c(Cl)nnc(N(C)CCO)c1C. The quantitative estimate of drug-likeness (QED) is 0.823. The molecular formula is C9H14ClN3O. The number of anilines is 1. The fourth-order valence-corrected chi connectivity index (χ4v) is 1.36. The van der Waals surface area contributed by atoms with Crippen LogP contribution in [0.4, 0.5) is 5.82 Å². The average molecular weight is 216 g/mol. The van der Waals surface area contributed by atoms with Crippen LogP contribution in [0.25, 0.3) is 0 Å². The maximum absolute atomic E-state index is 8.80. The van der Waals surface area contributed by atoms with Crippen molar-refractivity contribution in [3.8, 4) is 0 Å². The summed E-state index contributed by atoms with van der Waals surface area (Å²) in [6.45, 7) is 4.48. The second-order valence-corrected chi connectivity index (χ2v) is 3.57. The number of hydrogen-bond donors (Lipinski definition) is 1. The van der Waals surface area contributed by atoms with Crippen LogP contribution in [0.5, 0.6) is 0 Å². The molecule has 0 fully saturated rings. The van der Waals surface area contributed by atoms with Crippen LogP contribution in [0.3, 0.4) is 0 Å². The van der Waals surface area contributed by atoms with Crippen molar-refractivity contribution in [3.05, 3.63) is 16.3 Å². The van der Waals surface area contributed by atoms with Gasteiger partial charge in [0.2, 0.25) is 0 Å². The van der Waals surface area contributed by atoms with Gasteiger partial charge in [-0.05, 0) is 25.0 Å². The first kappa shape index (κ1) is 11.2. The van der Waals surface area contributed by atoms with E-state index in [2.05, 4.69) is 10.2 Å². The van der Waals surface area contributed by atoms with Gasteiger partial charge in [-0.1, -0.05) is 11.6 Å². The van der Waals surface area contributed by atoms with Crippen molar-refractivity contribution in [2.24, 2.45) is 0 Å². The van der Waals surface area contributed by atoms with Gasteiger partial charge in [-0.3, -0.25) is 0 Å². The van der Waals surface area contributed by atoms with Crippen molar-refractivity contribution in [1.29, 1.82) is 0 Å². The zero-order chi connectivity index (χ0) is 10.7. The number of aliphatic hydroxyl groups is 1. The molecule has 0 aliphatic heterocycles. The van der Waals surface area contributed by atoms with Crippen LogP contribution in [0, 0.1) is 13.8 Å². The number of aliphatic hydroxyl groups excluding tert-OH is 1. The fraction of sp³-hybridized carbons (Fsp3) is 0.556. The lowest BCUT2D eigenvalue weighted by Gasteiger charge is -2.19. The van der Waals surface area contributed by atoms with E-state index in [9.17, 15) is 0 Å². The number of likely N-dealkylation sites (N-methyl/N-ethyl adjacent to an activating group) is 1. The lowest BCUT2D eigenvalue weighted by molar-refractivity contribution is 0.303. The Morgan fingerprint density at radius 2 is 1.93 bits per heavy atom. The number of halogens is 1. The second-order valence-electron chi connectivity index (χ2n) is 3.21.